The molecule has 0 bridgehead atoms. The molecule has 1 aromatic rings. The lowest BCUT2D eigenvalue weighted by Crippen LogP contribution is -2.09. The molecule has 1 aliphatic carbocycles. The Kier molecular flexibility index (Phi) is 1.80. The Hall–Kier alpha value is -2.13. The van der Waals surface area contributed by atoms with Gasteiger partial charge in [0.2, 0.25) is 11.6 Å². The zero-order valence-corrected chi connectivity index (χ0v) is 7.04. The van der Waals surface area contributed by atoms with Crippen molar-refractivity contribution in [2.24, 2.45) is 5.11 Å². The molecule has 1 atom stereocenters. The number of nitrogens with zero attached hydrogens (tertiary/aromatic N) is 3. The molecule has 5 heteroatoms. The van der Waals surface area contributed by atoms with Gasteiger partial charge in [-0.1, -0.05) is 29.4 Å². The molecule has 1 aliphatic rings. The number of carbonyl (C=O) groups is 2. The van der Waals surface area contributed by atoms with Gasteiger partial charge in [-0.2, -0.15) is 0 Å². The first-order valence-corrected chi connectivity index (χ1v) is 3.97. The number of hydrogen-bond donors (Lipinski definition) is 0. The summed E-state index contributed by atoms with van der Waals surface area (Å²) in [5, 5.41) is 3.31. The molecule has 0 saturated carbocycles. The molecule has 2 rings (SSSR count). The van der Waals surface area contributed by atoms with Crippen LogP contribution in [0, 0.1) is 0 Å². The third kappa shape index (κ3) is 1.000. The Morgan fingerprint density at radius 2 is 2.00 bits per heavy atom. The molecule has 5 nitrogen and oxygen atoms in total. The largest absolute Gasteiger partial charge is 0.290 e. The minimum Gasteiger partial charge on any atom is -0.290 e. The molecule has 14 heavy (non-hydrogen) atoms. The number of hydrogen-bond acceptors (Lipinski definition) is 3. The topological polar surface area (TPSA) is 82.9 Å². The number of Topliss-reactive ketones (excluding diaryl/α,β-unsaturated/α-hetero) is 2. The highest BCUT2D eigenvalue weighted by molar-refractivity contribution is 6.48. The van der Waals surface area contributed by atoms with Gasteiger partial charge in [0, 0.05) is 10.5 Å². The molecule has 0 heterocycles. The second-order valence-corrected chi connectivity index (χ2v) is 2.89. The second-order valence-electron chi connectivity index (χ2n) is 2.89. The number of ketones is 2. The van der Waals surface area contributed by atoms with Crippen molar-refractivity contribution in [3.63, 3.8) is 0 Å². The molecule has 0 N–H and O–H groups in total. The average molecular weight is 187 g/mol. The zero-order chi connectivity index (χ0) is 10.1. The van der Waals surface area contributed by atoms with E-state index < -0.39 is 17.6 Å². The molecule has 0 radical (unpaired) electrons. The van der Waals surface area contributed by atoms with Gasteiger partial charge in [-0.3, -0.25) is 9.59 Å². The molecule has 0 spiro atoms. The van der Waals surface area contributed by atoms with Gasteiger partial charge in [0.15, 0.2) is 0 Å². The summed E-state index contributed by atoms with van der Waals surface area (Å²) in [4.78, 5) is 25.2. The van der Waals surface area contributed by atoms with E-state index in [1.54, 1.807) is 24.3 Å². The summed E-state index contributed by atoms with van der Waals surface area (Å²) in [5.41, 5.74) is 9.09. The Balaban J connectivity index is 2.64. The van der Waals surface area contributed by atoms with Gasteiger partial charge in [-0.25, -0.2) is 0 Å². The smallest absolute Gasteiger partial charge is 0.229 e. The van der Waals surface area contributed by atoms with Crippen LogP contribution in [0.15, 0.2) is 29.4 Å². The van der Waals surface area contributed by atoms with Gasteiger partial charge in [0.1, 0.15) is 6.04 Å². The highest BCUT2D eigenvalue weighted by Gasteiger charge is 2.37. The van der Waals surface area contributed by atoms with Crippen LogP contribution in [-0.2, 0) is 4.79 Å². The van der Waals surface area contributed by atoms with Gasteiger partial charge in [-0.05, 0) is 11.1 Å². The first-order valence-electron chi connectivity index (χ1n) is 3.97. The zero-order valence-electron chi connectivity index (χ0n) is 7.04. The number of carbonyl (C=O) groups excluding carboxylic acids is 2. The van der Waals surface area contributed by atoms with E-state index in [9.17, 15) is 9.59 Å². The van der Waals surface area contributed by atoms with Crippen molar-refractivity contribution < 1.29 is 9.59 Å². The quantitative estimate of drug-likeness (QED) is 0.290. The Labute approximate surface area is 79.0 Å². The summed E-state index contributed by atoms with van der Waals surface area (Å²) in [6.45, 7) is 0. The molecular weight excluding hydrogens is 182 g/mol. The monoisotopic (exact) mass is 187 g/mol. The molecule has 0 aliphatic heterocycles. The maximum Gasteiger partial charge on any atom is 0.229 e. The summed E-state index contributed by atoms with van der Waals surface area (Å²) < 4.78 is 0. The molecule has 68 valence electrons. The van der Waals surface area contributed by atoms with Crippen LogP contribution < -0.4 is 0 Å². The number of fused-ring (bicyclic) bond motifs is 1. The van der Waals surface area contributed by atoms with Crippen molar-refractivity contribution in [2.75, 3.05) is 0 Å². The molecule has 0 amide bonds. The van der Waals surface area contributed by atoms with Crippen LogP contribution in [0.3, 0.4) is 0 Å². The van der Waals surface area contributed by atoms with Crippen LogP contribution in [0.25, 0.3) is 10.4 Å². The summed E-state index contributed by atoms with van der Waals surface area (Å²) in [6.07, 6.45) is 0. The lowest BCUT2D eigenvalue weighted by molar-refractivity contribution is -0.115. The van der Waals surface area contributed by atoms with E-state index in [1.165, 1.54) is 0 Å². The molecule has 0 aromatic heterocycles. The van der Waals surface area contributed by atoms with Crippen LogP contribution in [0.4, 0.5) is 0 Å². The van der Waals surface area contributed by atoms with E-state index >= 15 is 0 Å². The van der Waals surface area contributed by atoms with Gasteiger partial charge in [-0.15, -0.1) is 0 Å². The lowest BCUT2D eigenvalue weighted by Gasteiger charge is -1.98. The highest BCUT2D eigenvalue weighted by Crippen LogP contribution is 2.30. The number of rotatable bonds is 1. The van der Waals surface area contributed by atoms with E-state index in [1.807, 2.05) is 0 Å². The number of benzene rings is 1. The normalized spacial score (nSPS) is 19.0. The van der Waals surface area contributed by atoms with Crippen molar-refractivity contribution >= 4 is 11.6 Å². The van der Waals surface area contributed by atoms with Crippen molar-refractivity contribution in [1.29, 1.82) is 0 Å². The molecule has 0 fully saturated rings. The Bertz CT molecular complexity index is 475. The van der Waals surface area contributed by atoms with E-state index in [4.69, 9.17) is 5.53 Å². The van der Waals surface area contributed by atoms with Crippen LogP contribution in [0.1, 0.15) is 22.0 Å². The minimum atomic E-state index is -0.969. The van der Waals surface area contributed by atoms with Crippen LogP contribution >= 0.6 is 0 Å². The molecule has 0 saturated heterocycles. The van der Waals surface area contributed by atoms with E-state index in [0.717, 1.165) is 0 Å². The third-order valence-corrected chi connectivity index (χ3v) is 2.14. The Morgan fingerprint density at radius 1 is 1.29 bits per heavy atom. The molecule has 1 unspecified atom stereocenters. The minimum absolute atomic E-state index is 0.343. The second kappa shape index (κ2) is 2.97. The van der Waals surface area contributed by atoms with E-state index in [0.29, 0.717) is 11.1 Å². The van der Waals surface area contributed by atoms with Crippen LogP contribution in [-0.4, -0.2) is 11.6 Å². The maximum atomic E-state index is 11.3. The van der Waals surface area contributed by atoms with Gasteiger partial charge >= 0.3 is 0 Å². The van der Waals surface area contributed by atoms with Gasteiger partial charge < -0.3 is 0 Å². The van der Waals surface area contributed by atoms with Gasteiger partial charge in [0.25, 0.3) is 0 Å². The fourth-order valence-electron chi connectivity index (χ4n) is 1.51. The molecule has 1 aromatic carbocycles. The fraction of sp³-hybridized carbons (Fsp3) is 0.111. The fourth-order valence-corrected chi connectivity index (χ4v) is 1.51. The highest BCUT2D eigenvalue weighted by atomic mass is 16.2. The summed E-state index contributed by atoms with van der Waals surface area (Å²) in [6, 6.07) is 5.58. The van der Waals surface area contributed by atoms with Crippen molar-refractivity contribution in [3.05, 3.63) is 45.8 Å². The average Bonchev–Trinajstić information content (AvgIpc) is 2.45. The third-order valence-electron chi connectivity index (χ3n) is 2.14. The van der Waals surface area contributed by atoms with Crippen LogP contribution in [0.5, 0.6) is 0 Å². The van der Waals surface area contributed by atoms with Crippen molar-refractivity contribution in [3.8, 4) is 0 Å². The lowest BCUT2D eigenvalue weighted by atomic mass is 10.1. The van der Waals surface area contributed by atoms with E-state index in [2.05, 4.69) is 10.0 Å². The summed E-state index contributed by atoms with van der Waals surface area (Å²) in [5.74, 6) is -1.22. The first kappa shape index (κ1) is 8.47. The number of azide groups is 1. The first-order chi connectivity index (χ1) is 6.75. The Morgan fingerprint density at radius 3 is 2.71 bits per heavy atom. The SMILES string of the molecule is [N-]=[N+]=NC1C(=O)C(=O)c2ccccc21. The predicted molar refractivity (Wildman–Crippen MR) is 47.7 cm³/mol. The van der Waals surface area contributed by atoms with E-state index in [-0.39, 0.29) is 0 Å². The van der Waals surface area contributed by atoms with Crippen molar-refractivity contribution in [2.45, 2.75) is 6.04 Å². The standard InChI is InChI=1S/C9H5N3O2/c10-12-11-7-5-3-1-2-4-6(5)8(13)9(7)14/h1-4,7H. The van der Waals surface area contributed by atoms with Gasteiger partial charge in [0.05, 0.1) is 0 Å². The summed E-state index contributed by atoms with van der Waals surface area (Å²) >= 11 is 0. The maximum absolute atomic E-state index is 11.3. The van der Waals surface area contributed by atoms with Crippen molar-refractivity contribution in [1.82, 2.24) is 0 Å². The van der Waals surface area contributed by atoms with Crippen LogP contribution in [0.2, 0.25) is 0 Å². The summed E-state index contributed by atoms with van der Waals surface area (Å²) in [7, 11) is 0. The molecular formula is C9H5N3O2. The predicted octanol–water partition coefficient (Wildman–Crippen LogP) is 1.80.